The van der Waals surface area contributed by atoms with E-state index in [4.69, 9.17) is 0 Å². The van der Waals surface area contributed by atoms with Gasteiger partial charge in [0.25, 0.3) is 0 Å². The molecule has 4 fully saturated rings. The van der Waals surface area contributed by atoms with Crippen LogP contribution in [0.15, 0.2) is 91.0 Å². The summed E-state index contributed by atoms with van der Waals surface area (Å²) in [4.78, 5) is 2.54. The van der Waals surface area contributed by atoms with Crippen LogP contribution in [0, 0.1) is 11.8 Å². The fourth-order valence-corrected chi connectivity index (χ4v) is 10.4. The van der Waals surface area contributed by atoms with Crippen LogP contribution >= 0.6 is 0 Å². The zero-order chi connectivity index (χ0) is 28.4. The Labute approximate surface area is 258 Å². The summed E-state index contributed by atoms with van der Waals surface area (Å²) in [6.07, 6.45) is 17.8. The minimum Gasteiger partial charge on any atom is -0.310 e. The zero-order valence-corrected chi connectivity index (χ0v) is 25.6. The van der Waals surface area contributed by atoms with Gasteiger partial charge in [-0.1, -0.05) is 93.1 Å². The first-order chi connectivity index (χ1) is 21.3. The largest absolute Gasteiger partial charge is 0.310 e. The van der Waals surface area contributed by atoms with Crippen molar-refractivity contribution < 1.29 is 0 Å². The van der Waals surface area contributed by atoms with Gasteiger partial charge in [0, 0.05) is 22.5 Å². The Kier molecular flexibility index (Phi) is 6.31. The van der Waals surface area contributed by atoms with Gasteiger partial charge < -0.3 is 4.90 Å². The lowest BCUT2D eigenvalue weighted by Crippen LogP contribution is -2.21. The highest BCUT2D eigenvalue weighted by atomic mass is 15.1. The molecule has 0 aromatic heterocycles. The van der Waals surface area contributed by atoms with Gasteiger partial charge in [0.05, 0.1) is 0 Å². The van der Waals surface area contributed by atoms with Gasteiger partial charge in [-0.25, -0.2) is 0 Å². The third-order valence-corrected chi connectivity index (χ3v) is 12.5. The van der Waals surface area contributed by atoms with Gasteiger partial charge in [-0.2, -0.15) is 0 Å². The van der Waals surface area contributed by atoms with Crippen molar-refractivity contribution in [3.8, 4) is 11.1 Å². The normalized spacial score (nSPS) is 25.3. The summed E-state index contributed by atoms with van der Waals surface area (Å²) < 4.78 is 0. The van der Waals surface area contributed by atoms with E-state index in [1.165, 1.54) is 117 Å². The second-order valence-corrected chi connectivity index (χ2v) is 14.7. The van der Waals surface area contributed by atoms with E-state index in [0.29, 0.717) is 0 Å². The van der Waals surface area contributed by atoms with E-state index in [1.807, 2.05) is 0 Å². The monoisotopic (exact) mass is 563 g/mol. The third-order valence-electron chi connectivity index (χ3n) is 12.5. The summed E-state index contributed by atoms with van der Waals surface area (Å²) in [5.74, 6) is 3.40. The zero-order valence-electron chi connectivity index (χ0n) is 25.6. The molecule has 0 radical (unpaired) electrons. The molecule has 0 amide bonds. The van der Waals surface area contributed by atoms with Gasteiger partial charge in [-0.15, -0.1) is 0 Å². The summed E-state index contributed by atoms with van der Waals surface area (Å²) in [5.41, 5.74) is 13.2. The first kappa shape index (κ1) is 26.1. The lowest BCUT2D eigenvalue weighted by molar-refractivity contribution is 0.420. The second kappa shape index (κ2) is 10.4. The highest BCUT2D eigenvalue weighted by Crippen LogP contribution is 2.58. The van der Waals surface area contributed by atoms with Crippen molar-refractivity contribution in [1.82, 2.24) is 0 Å². The summed E-state index contributed by atoms with van der Waals surface area (Å²) in [5, 5.41) is 0. The average molecular weight is 564 g/mol. The number of anilines is 3. The molecule has 1 nitrogen and oxygen atoms in total. The van der Waals surface area contributed by atoms with E-state index in [2.05, 4.69) is 95.9 Å². The quantitative estimate of drug-likeness (QED) is 0.233. The van der Waals surface area contributed by atoms with Gasteiger partial charge in [0.15, 0.2) is 0 Å². The van der Waals surface area contributed by atoms with Crippen molar-refractivity contribution in [1.29, 1.82) is 0 Å². The number of hydrogen-bond donors (Lipinski definition) is 0. The van der Waals surface area contributed by atoms with Crippen LogP contribution in [0.5, 0.6) is 0 Å². The highest BCUT2D eigenvalue weighted by molar-refractivity contribution is 5.86. The van der Waals surface area contributed by atoms with Gasteiger partial charge in [-0.05, 0) is 138 Å². The number of benzene rings is 4. The molecular formula is C42H45N. The molecule has 5 aliphatic carbocycles. The molecule has 2 bridgehead atoms. The Balaban J connectivity index is 1.12. The number of nitrogens with zero attached hydrogens (tertiary/aromatic N) is 1. The van der Waals surface area contributed by atoms with E-state index in [-0.39, 0.29) is 5.41 Å². The van der Waals surface area contributed by atoms with Crippen molar-refractivity contribution in [2.75, 3.05) is 4.90 Å². The van der Waals surface area contributed by atoms with Crippen LogP contribution in [0.2, 0.25) is 0 Å². The molecule has 0 N–H and O–H groups in total. The minimum absolute atomic E-state index is 0.185. The molecule has 3 unspecified atom stereocenters. The maximum absolute atomic E-state index is 2.57. The fourth-order valence-electron chi connectivity index (χ4n) is 10.4. The fraction of sp³-hybridized carbons (Fsp3) is 0.429. The van der Waals surface area contributed by atoms with E-state index < -0.39 is 0 Å². The standard InChI is InChI=1S/C42H45N/c1-2-8-30(9-3-1)31-14-18-34(19-15-31)43(35-20-16-32(17-21-35)39-27-29-12-13-33(39)26-29)36-22-23-38-37-10-4-5-11-40(37)42(41(38)28-36)24-6-7-25-42/h4-5,10-11,14-23,28-30,33,39H,1-3,6-9,12-13,24-27H2. The Morgan fingerprint density at radius 1 is 0.535 bits per heavy atom. The van der Waals surface area contributed by atoms with E-state index in [1.54, 1.807) is 16.7 Å². The van der Waals surface area contributed by atoms with Gasteiger partial charge >= 0.3 is 0 Å². The Bertz CT molecular complexity index is 1620. The van der Waals surface area contributed by atoms with Crippen molar-refractivity contribution in [3.05, 3.63) is 113 Å². The molecule has 4 saturated carbocycles. The van der Waals surface area contributed by atoms with Crippen LogP contribution in [-0.2, 0) is 5.41 Å². The van der Waals surface area contributed by atoms with Crippen LogP contribution in [0.25, 0.3) is 11.1 Å². The van der Waals surface area contributed by atoms with Crippen LogP contribution in [0.3, 0.4) is 0 Å². The van der Waals surface area contributed by atoms with Crippen molar-refractivity contribution in [2.45, 2.75) is 101 Å². The summed E-state index contributed by atoms with van der Waals surface area (Å²) in [7, 11) is 0. The van der Waals surface area contributed by atoms with Crippen LogP contribution in [-0.4, -0.2) is 0 Å². The SMILES string of the molecule is c1ccc2c(c1)-c1ccc(N(c3ccc(C4CCCCC4)cc3)c3ccc(C4CC5CCC4C5)cc3)cc1C21CCCC1. The summed E-state index contributed by atoms with van der Waals surface area (Å²) >= 11 is 0. The van der Waals surface area contributed by atoms with Gasteiger partial charge in [0.1, 0.15) is 0 Å². The highest BCUT2D eigenvalue weighted by Gasteiger charge is 2.45. The van der Waals surface area contributed by atoms with Gasteiger partial charge in [-0.3, -0.25) is 0 Å². The van der Waals surface area contributed by atoms with Crippen LogP contribution in [0.1, 0.15) is 118 Å². The average Bonchev–Trinajstić information content (AvgIpc) is 3.88. The second-order valence-electron chi connectivity index (χ2n) is 14.7. The molecule has 218 valence electrons. The van der Waals surface area contributed by atoms with Crippen molar-refractivity contribution in [2.24, 2.45) is 11.8 Å². The number of hydrogen-bond acceptors (Lipinski definition) is 1. The van der Waals surface area contributed by atoms with Crippen molar-refractivity contribution >= 4 is 17.1 Å². The summed E-state index contributed by atoms with van der Waals surface area (Å²) in [6, 6.07) is 36.1. The van der Waals surface area contributed by atoms with E-state index in [0.717, 1.165) is 23.7 Å². The molecule has 9 rings (SSSR count). The maximum atomic E-state index is 2.57. The molecule has 5 aliphatic rings. The lowest BCUT2D eigenvalue weighted by atomic mass is 9.76. The van der Waals surface area contributed by atoms with Crippen LogP contribution in [0.4, 0.5) is 17.1 Å². The minimum atomic E-state index is 0.185. The topological polar surface area (TPSA) is 3.24 Å². The Morgan fingerprint density at radius 3 is 1.91 bits per heavy atom. The number of rotatable bonds is 5. The van der Waals surface area contributed by atoms with Gasteiger partial charge in [0.2, 0.25) is 0 Å². The molecule has 4 aromatic carbocycles. The molecule has 1 heteroatoms. The first-order valence-corrected chi connectivity index (χ1v) is 17.5. The maximum Gasteiger partial charge on any atom is 0.0465 e. The lowest BCUT2D eigenvalue weighted by Gasteiger charge is -2.30. The number of fused-ring (bicyclic) bond motifs is 7. The molecular weight excluding hydrogens is 518 g/mol. The third kappa shape index (κ3) is 4.25. The molecule has 0 heterocycles. The first-order valence-electron chi connectivity index (χ1n) is 17.5. The molecule has 0 aliphatic heterocycles. The predicted octanol–water partition coefficient (Wildman–Crippen LogP) is 11.9. The Morgan fingerprint density at radius 2 is 1.21 bits per heavy atom. The van der Waals surface area contributed by atoms with Crippen molar-refractivity contribution in [3.63, 3.8) is 0 Å². The molecule has 4 aromatic rings. The van der Waals surface area contributed by atoms with Crippen LogP contribution < -0.4 is 4.90 Å². The molecule has 3 atom stereocenters. The van der Waals surface area contributed by atoms with E-state index >= 15 is 0 Å². The predicted molar refractivity (Wildman–Crippen MR) is 180 cm³/mol. The molecule has 0 saturated heterocycles. The smallest absolute Gasteiger partial charge is 0.0465 e. The molecule has 43 heavy (non-hydrogen) atoms. The van der Waals surface area contributed by atoms with E-state index in [9.17, 15) is 0 Å². The Hall–Kier alpha value is -3.32. The molecule has 1 spiro atoms. The summed E-state index contributed by atoms with van der Waals surface area (Å²) in [6.45, 7) is 0.